The van der Waals surface area contributed by atoms with Crippen molar-refractivity contribution in [2.24, 2.45) is 0 Å². The number of nitrogens with zero attached hydrogens (tertiary/aromatic N) is 2. The predicted octanol–water partition coefficient (Wildman–Crippen LogP) is 2.40. The van der Waals surface area contributed by atoms with Crippen LogP contribution in [0.3, 0.4) is 0 Å². The second kappa shape index (κ2) is 5.73. The second-order valence-electron chi connectivity index (χ2n) is 5.69. The average molecular weight is 267 g/mol. The molecule has 1 atom stereocenters. The molecular weight excluding hydrogens is 246 g/mol. The zero-order valence-electron chi connectivity index (χ0n) is 11.9. The minimum absolute atomic E-state index is 0.0343. The van der Waals surface area contributed by atoms with Crippen LogP contribution >= 0.6 is 0 Å². The molecular formula is C17H21N3. The first-order valence-corrected chi connectivity index (χ1v) is 7.18. The molecule has 1 fully saturated rings. The van der Waals surface area contributed by atoms with Gasteiger partial charge in [-0.3, -0.25) is 9.88 Å². The largest absolute Gasteiger partial charge is 0.305 e. The molecule has 3 nitrogen and oxygen atoms in total. The Hall–Kier alpha value is -1.71. The molecule has 0 amide bonds. The van der Waals surface area contributed by atoms with Gasteiger partial charge in [0, 0.05) is 38.6 Å². The molecule has 20 heavy (non-hydrogen) atoms. The van der Waals surface area contributed by atoms with E-state index in [1.807, 2.05) is 12.4 Å². The minimum atomic E-state index is 0.0343. The summed E-state index contributed by atoms with van der Waals surface area (Å²) >= 11 is 0. The van der Waals surface area contributed by atoms with Crippen LogP contribution in [0.4, 0.5) is 0 Å². The van der Waals surface area contributed by atoms with Crippen molar-refractivity contribution in [2.75, 3.05) is 19.6 Å². The molecule has 0 bridgehead atoms. The SMILES string of the molecule is CC1(c2ccccc2)CN(Cc2ccncc2)CCN1. The van der Waals surface area contributed by atoms with E-state index in [0.29, 0.717) is 0 Å². The molecule has 104 valence electrons. The van der Waals surface area contributed by atoms with Crippen molar-refractivity contribution in [3.8, 4) is 0 Å². The van der Waals surface area contributed by atoms with E-state index in [9.17, 15) is 0 Å². The zero-order valence-corrected chi connectivity index (χ0v) is 11.9. The van der Waals surface area contributed by atoms with E-state index in [1.54, 1.807) is 0 Å². The van der Waals surface area contributed by atoms with E-state index < -0.39 is 0 Å². The number of hydrogen-bond donors (Lipinski definition) is 1. The fraction of sp³-hybridized carbons (Fsp3) is 0.353. The van der Waals surface area contributed by atoms with Crippen molar-refractivity contribution in [3.05, 3.63) is 66.0 Å². The molecule has 1 unspecified atom stereocenters. The number of nitrogens with one attached hydrogen (secondary N) is 1. The Morgan fingerprint density at radius 3 is 2.65 bits per heavy atom. The maximum absolute atomic E-state index is 4.08. The number of rotatable bonds is 3. The molecule has 1 aromatic heterocycles. The van der Waals surface area contributed by atoms with Gasteiger partial charge in [0.25, 0.3) is 0 Å². The third kappa shape index (κ3) is 2.89. The molecule has 1 saturated heterocycles. The highest BCUT2D eigenvalue weighted by Crippen LogP contribution is 2.25. The van der Waals surface area contributed by atoms with Crippen LogP contribution < -0.4 is 5.32 Å². The van der Waals surface area contributed by atoms with Gasteiger partial charge < -0.3 is 5.32 Å². The summed E-state index contributed by atoms with van der Waals surface area (Å²) in [5.41, 5.74) is 2.73. The topological polar surface area (TPSA) is 28.2 Å². The molecule has 3 heteroatoms. The number of hydrogen-bond acceptors (Lipinski definition) is 3. The second-order valence-corrected chi connectivity index (χ2v) is 5.69. The van der Waals surface area contributed by atoms with Gasteiger partial charge in [0.1, 0.15) is 0 Å². The molecule has 3 rings (SSSR count). The van der Waals surface area contributed by atoms with Gasteiger partial charge in [-0.1, -0.05) is 30.3 Å². The summed E-state index contributed by atoms with van der Waals surface area (Å²) in [5, 5.41) is 3.67. The van der Waals surface area contributed by atoms with Crippen LogP contribution in [-0.4, -0.2) is 29.5 Å². The molecule has 0 spiro atoms. The molecule has 1 aromatic carbocycles. The molecule has 1 aliphatic rings. The van der Waals surface area contributed by atoms with E-state index in [-0.39, 0.29) is 5.54 Å². The molecule has 1 N–H and O–H groups in total. The van der Waals surface area contributed by atoms with Crippen LogP contribution in [0, 0.1) is 0 Å². The molecule has 0 radical (unpaired) electrons. The van der Waals surface area contributed by atoms with Crippen LogP contribution in [0.25, 0.3) is 0 Å². The summed E-state index contributed by atoms with van der Waals surface area (Å²) < 4.78 is 0. The first kappa shape index (κ1) is 13.3. The predicted molar refractivity (Wildman–Crippen MR) is 81.3 cm³/mol. The van der Waals surface area contributed by atoms with Gasteiger partial charge in [-0.2, -0.15) is 0 Å². The number of benzene rings is 1. The van der Waals surface area contributed by atoms with Gasteiger partial charge in [-0.25, -0.2) is 0 Å². The van der Waals surface area contributed by atoms with E-state index >= 15 is 0 Å². The number of pyridine rings is 1. The Morgan fingerprint density at radius 1 is 1.15 bits per heavy atom. The van der Waals surface area contributed by atoms with Gasteiger partial charge in [0.15, 0.2) is 0 Å². The number of aromatic nitrogens is 1. The van der Waals surface area contributed by atoms with Crippen molar-refractivity contribution >= 4 is 0 Å². The lowest BCUT2D eigenvalue weighted by molar-refractivity contribution is 0.136. The summed E-state index contributed by atoms with van der Waals surface area (Å²) in [6.45, 7) is 6.42. The van der Waals surface area contributed by atoms with Crippen molar-refractivity contribution in [1.29, 1.82) is 0 Å². The van der Waals surface area contributed by atoms with Gasteiger partial charge in [0.2, 0.25) is 0 Å². The highest BCUT2D eigenvalue weighted by atomic mass is 15.2. The Labute approximate surface area is 120 Å². The Kier molecular flexibility index (Phi) is 3.81. The van der Waals surface area contributed by atoms with Crippen molar-refractivity contribution in [3.63, 3.8) is 0 Å². The summed E-state index contributed by atoms with van der Waals surface area (Å²) in [4.78, 5) is 6.60. The van der Waals surface area contributed by atoms with Crippen molar-refractivity contribution in [2.45, 2.75) is 19.0 Å². The highest BCUT2D eigenvalue weighted by Gasteiger charge is 2.31. The van der Waals surface area contributed by atoms with Crippen LogP contribution in [-0.2, 0) is 12.1 Å². The minimum Gasteiger partial charge on any atom is -0.305 e. The fourth-order valence-electron chi connectivity index (χ4n) is 2.95. The molecule has 0 saturated carbocycles. The smallest absolute Gasteiger partial charge is 0.0535 e. The Balaban J connectivity index is 1.73. The molecule has 2 aromatic rings. The molecule has 0 aliphatic carbocycles. The van der Waals surface area contributed by atoms with Gasteiger partial charge in [-0.15, -0.1) is 0 Å². The highest BCUT2D eigenvalue weighted by molar-refractivity contribution is 5.25. The summed E-state index contributed by atoms with van der Waals surface area (Å²) in [6, 6.07) is 14.9. The van der Waals surface area contributed by atoms with Crippen LogP contribution in [0.15, 0.2) is 54.9 Å². The zero-order chi connectivity index (χ0) is 13.8. The van der Waals surface area contributed by atoms with E-state index in [0.717, 1.165) is 26.2 Å². The standard InChI is InChI=1S/C17H21N3/c1-17(16-5-3-2-4-6-16)14-20(12-11-19-17)13-15-7-9-18-10-8-15/h2-10,19H,11-14H2,1H3. The summed E-state index contributed by atoms with van der Waals surface area (Å²) in [7, 11) is 0. The maximum Gasteiger partial charge on any atom is 0.0535 e. The van der Waals surface area contributed by atoms with E-state index in [1.165, 1.54) is 11.1 Å². The maximum atomic E-state index is 4.08. The lowest BCUT2D eigenvalue weighted by Crippen LogP contribution is -2.56. The van der Waals surface area contributed by atoms with E-state index in [2.05, 4.69) is 64.6 Å². The molecule has 2 heterocycles. The average Bonchev–Trinajstić information content (AvgIpc) is 2.49. The van der Waals surface area contributed by atoms with E-state index in [4.69, 9.17) is 0 Å². The third-order valence-corrected chi connectivity index (χ3v) is 4.05. The summed E-state index contributed by atoms with van der Waals surface area (Å²) in [5.74, 6) is 0. The van der Waals surface area contributed by atoms with Gasteiger partial charge in [-0.05, 0) is 30.2 Å². The van der Waals surface area contributed by atoms with Crippen LogP contribution in [0.5, 0.6) is 0 Å². The third-order valence-electron chi connectivity index (χ3n) is 4.05. The van der Waals surface area contributed by atoms with Crippen LogP contribution in [0.1, 0.15) is 18.1 Å². The van der Waals surface area contributed by atoms with Crippen LogP contribution in [0.2, 0.25) is 0 Å². The Bertz CT molecular complexity index is 541. The van der Waals surface area contributed by atoms with Crippen molar-refractivity contribution < 1.29 is 0 Å². The fourth-order valence-corrected chi connectivity index (χ4v) is 2.95. The van der Waals surface area contributed by atoms with Gasteiger partial charge >= 0.3 is 0 Å². The lowest BCUT2D eigenvalue weighted by atomic mass is 9.89. The molecule has 1 aliphatic heterocycles. The number of piperazine rings is 1. The summed E-state index contributed by atoms with van der Waals surface area (Å²) in [6.07, 6.45) is 3.74. The normalized spacial score (nSPS) is 23.6. The first-order chi connectivity index (χ1) is 9.76. The quantitative estimate of drug-likeness (QED) is 0.925. The Morgan fingerprint density at radius 2 is 1.90 bits per heavy atom. The van der Waals surface area contributed by atoms with Gasteiger partial charge in [0.05, 0.1) is 5.54 Å². The lowest BCUT2D eigenvalue weighted by Gasteiger charge is -2.42. The first-order valence-electron chi connectivity index (χ1n) is 7.18. The van der Waals surface area contributed by atoms with Crippen molar-refractivity contribution in [1.82, 2.24) is 15.2 Å². The monoisotopic (exact) mass is 267 g/mol.